The second kappa shape index (κ2) is 10.9. The monoisotopic (exact) mass is 329 g/mol. The van der Waals surface area contributed by atoms with Crippen LogP contribution in [0.1, 0.15) is 39.0 Å². The minimum Gasteiger partial charge on any atom is -0.529 e. The van der Waals surface area contributed by atoms with Crippen LogP contribution in [-0.4, -0.2) is 24.0 Å². The van der Waals surface area contributed by atoms with Crippen LogP contribution >= 0.6 is 11.8 Å². The molecular formula is C14H26NSY-. The van der Waals surface area contributed by atoms with E-state index in [-0.39, 0.29) is 32.7 Å². The van der Waals surface area contributed by atoms with Crippen molar-refractivity contribution >= 4 is 11.8 Å². The summed E-state index contributed by atoms with van der Waals surface area (Å²) in [6.07, 6.45) is 15.6. The van der Waals surface area contributed by atoms with Gasteiger partial charge in [-0.25, -0.2) is 6.54 Å². The van der Waals surface area contributed by atoms with Crippen molar-refractivity contribution in [3.63, 3.8) is 0 Å². The van der Waals surface area contributed by atoms with Crippen molar-refractivity contribution < 1.29 is 32.7 Å². The van der Waals surface area contributed by atoms with Gasteiger partial charge in [0.25, 0.3) is 0 Å². The Hall–Kier alpha value is 0.994. The molecule has 2 saturated carbocycles. The van der Waals surface area contributed by atoms with Crippen molar-refractivity contribution in [3.8, 4) is 0 Å². The van der Waals surface area contributed by atoms with Crippen LogP contribution in [0.25, 0.3) is 0 Å². The molecule has 2 aliphatic carbocycles. The second-order valence-electron chi connectivity index (χ2n) is 4.79. The molecule has 1 aliphatic heterocycles. The van der Waals surface area contributed by atoms with Crippen molar-refractivity contribution in [2.45, 2.75) is 39.0 Å². The molecule has 0 aromatic carbocycles. The third-order valence-electron chi connectivity index (χ3n) is 3.30. The third kappa shape index (κ3) is 7.90. The predicted octanol–water partition coefficient (Wildman–Crippen LogP) is 4.17. The van der Waals surface area contributed by atoms with E-state index in [4.69, 9.17) is 0 Å². The molecule has 0 aromatic heterocycles. The summed E-state index contributed by atoms with van der Waals surface area (Å²) in [5.41, 5.74) is 0. The zero-order chi connectivity index (χ0) is 11.8. The van der Waals surface area contributed by atoms with Gasteiger partial charge in [-0.15, -0.1) is 0 Å². The number of likely N-dealkylation sites (tertiary alicyclic amines) is 1. The zero-order valence-electron chi connectivity index (χ0n) is 11.6. The fraction of sp³-hybridized carbons (Fsp3) is 0.786. The minimum atomic E-state index is 0. The molecule has 2 unspecified atom stereocenters. The molecule has 1 nitrogen and oxygen atoms in total. The van der Waals surface area contributed by atoms with Crippen LogP contribution in [0.3, 0.4) is 0 Å². The molecule has 2 atom stereocenters. The Morgan fingerprint density at radius 2 is 1.82 bits per heavy atom. The molecule has 97 valence electrons. The van der Waals surface area contributed by atoms with Crippen LogP contribution in [0.2, 0.25) is 0 Å². The quantitative estimate of drug-likeness (QED) is 0.664. The smallest absolute Gasteiger partial charge is 0 e. The molecule has 3 heteroatoms. The van der Waals surface area contributed by atoms with Gasteiger partial charge in [-0.1, -0.05) is 12.5 Å². The van der Waals surface area contributed by atoms with E-state index in [0.717, 1.165) is 0 Å². The average molecular weight is 329 g/mol. The molecule has 0 amide bonds. The summed E-state index contributed by atoms with van der Waals surface area (Å²) in [7, 11) is 0. The van der Waals surface area contributed by atoms with Crippen LogP contribution < -0.4 is 0 Å². The van der Waals surface area contributed by atoms with E-state index in [0.29, 0.717) is 0 Å². The van der Waals surface area contributed by atoms with Gasteiger partial charge in [0.1, 0.15) is 0 Å². The molecule has 3 fully saturated rings. The Morgan fingerprint density at radius 1 is 1.24 bits per heavy atom. The van der Waals surface area contributed by atoms with Crippen LogP contribution in [-0.2, 0) is 32.7 Å². The van der Waals surface area contributed by atoms with Crippen molar-refractivity contribution in [1.82, 2.24) is 4.90 Å². The van der Waals surface area contributed by atoms with Crippen molar-refractivity contribution in [1.29, 1.82) is 0 Å². The Labute approximate surface area is 137 Å². The van der Waals surface area contributed by atoms with Crippen molar-refractivity contribution in [3.05, 3.63) is 18.8 Å². The number of rotatable bonds is 1. The Balaban J connectivity index is 0.000000245. The van der Waals surface area contributed by atoms with Crippen molar-refractivity contribution in [2.24, 2.45) is 11.8 Å². The first-order valence-corrected chi connectivity index (χ1v) is 8.07. The molecule has 1 radical (unpaired) electrons. The summed E-state index contributed by atoms with van der Waals surface area (Å²) >= 11 is 1.75. The first kappa shape index (κ1) is 18.0. The molecule has 17 heavy (non-hydrogen) atoms. The summed E-state index contributed by atoms with van der Waals surface area (Å²) < 4.78 is 0. The van der Waals surface area contributed by atoms with Gasteiger partial charge >= 0.3 is 0 Å². The molecule has 1 heterocycles. The molecule has 3 aliphatic rings. The van der Waals surface area contributed by atoms with E-state index < -0.39 is 0 Å². The first-order valence-electron chi connectivity index (χ1n) is 6.43. The number of thioether (sulfide) groups is 1. The summed E-state index contributed by atoms with van der Waals surface area (Å²) in [6.45, 7) is 5.50. The fourth-order valence-corrected chi connectivity index (χ4v) is 2.13. The van der Waals surface area contributed by atoms with Crippen LogP contribution in [0, 0.1) is 18.4 Å². The SMILES string of the molecule is C1CC2CC12.CC=CN1[CH-]CCC1.CSC.[Y]. The van der Waals surface area contributed by atoms with Crippen molar-refractivity contribution in [2.75, 3.05) is 19.1 Å². The number of hydrogen-bond acceptors (Lipinski definition) is 2. The van der Waals surface area contributed by atoms with Gasteiger partial charge in [-0.2, -0.15) is 18.2 Å². The van der Waals surface area contributed by atoms with Gasteiger partial charge in [-0.3, -0.25) is 0 Å². The summed E-state index contributed by atoms with van der Waals surface area (Å²) in [4.78, 5) is 2.24. The maximum Gasteiger partial charge on any atom is 0 e. The molecule has 3 rings (SSSR count). The van der Waals surface area contributed by atoms with Crippen LogP contribution in [0.15, 0.2) is 12.3 Å². The number of hydrogen-bond donors (Lipinski definition) is 0. The molecular weight excluding hydrogens is 303 g/mol. The first-order chi connectivity index (χ1) is 7.81. The number of allylic oxidation sites excluding steroid dienone is 1. The molecule has 1 saturated heterocycles. The maximum atomic E-state index is 2.24. The van der Waals surface area contributed by atoms with Crippen LogP contribution in [0.4, 0.5) is 0 Å². The maximum absolute atomic E-state index is 2.24. The predicted molar refractivity (Wildman–Crippen MR) is 75.3 cm³/mol. The van der Waals surface area contributed by atoms with E-state index in [9.17, 15) is 0 Å². The Bertz CT molecular complexity index is 190. The third-order valence-corrected chi connectivity index (χ3v) is 3.30. The zero-order valence-corrected chi connectivity index (χ0v) is 15.2. The standard InChI is InChI=1S/C7H12N.C5H8.C2H6S.Y/c1-2-5-8-6-3-4-7-8;1-2-5-3-4(1)5;1-3-2;/h2,5-6H,3-4,7H2,1H3;4-5H,1-3H2;1-2H3;/q-1;;;. The van der Waals surface area contributed by atoms with E-state index in [1.807, 2.05) is 19.4 Å². The largest absolute Gasteiger partial charge is 0.529 e. The normalized spacial score (nSPS) is 27.8. The molecule has 0 N–H and O–H groups in total. The van der Waals surface area contributed by atoms with Gasteiger partial charge in [0, 0.05) is 32.7 Å². The van der Waals surface area contributed by atoms with E-state index in [1.54, 1.807) is 31.0 Å². The Kier molecular flexibility index (Phi) is 11.5. The van der Waals surface area contributed by atoms with Gasteiger partial charge in [0.2, 0.25) is 0 Å². The molecule has 0 aromatic rings. The average Bonchev–Trinajstić information content (AvgIpc) is 2.70. The van der Waals surface area contributed by atoms with Crippen LogP contribution in [0.5, 0.6) is 0 Å². The molecule has 0 spiro atoms. The fourth-order valence-electron chi connectivity index (χ4n) is 2.13. The topological polar surface area (TPSA) is 3.24 Å². The molecule has 0 bridgehead atoms. The van der Waals surface area contributed by atoms with E-state index >= 15 is 0 Å². The summed E-state index contributed by atoms with van der Waals surface area (Å²) in [5.74, 6) is 2.46. The number of nitrogens with zero attached hydrogens (tertiary/aromatic N) is 1. The van der Waals surface area contributed by atoms with E-state index in [1.165, 1.54) is 31.2 Å². The van der Waals surface area contributed by atoms with Gasteiger partial charge in [0.05, 0.1) is 0 Å². The second-order valence-corrected chi connectivity index (χ2v) is 5.60. The van der Waals surface area contributed by atoms with Gasteiger partial charge < -0.3 is 4.90 Å². The Morgan fingerprint density at radius 3 is 2.06 bits per heavy atom. The minimum absolute atomic E-state index is 0. The van der Waals surface area contributed by atoms with E-state index in [2.05, 4.69) is 23.7 Å². The van der Waals surface area contributed by atoms with Gasteiger partial charge in [0.15, 0.2) is 0 Å². The number of fused-ring (bicyclic) bond motifs is 1. The summed E-state index contributed by atoms with van der Waals surface area (Å²) in [6, 6.07) is 0. The summed E-state index contributed by atoms with van der Waals surface area (Å²) in [5, 5.41) is 0. The van der Waals surface area contributed by atoms with Gasteiger partial charge in [-0.05, 0) is 63.3 Å².